The number of hydrogen-bond donors (Lipinski definition) is 8. The molecule has 5 aromatic rings. The normalized spacial score (nSPS) is 11.7. The van der Waals surface area contributed by atoms with Gasteiger partial charge in [0.1, 0.15) is 0 Å². The highest BCUT2D eigenvalue weighted by Crippen LogP contribution is 2.29. The van der Waals surface area contributed by atoms with Gasteiger partial charge in [0.15, 0.2) is 0 Å². The predicted octanol–water partition coefficient (Wildman–Crippen LogP) is 3.02. The van der Waals surface area contributed by atoms with Crippen molar-refractivity contribution in [3.63, 3.8) is 0 Å². The fraction of sp³-hybridized carbons (Fsp3) is 0. The molecular formula is C26H27N5O9S3. The zero-order chi connectivity index (χ0) is 32.3. The van der Waals surface area contributed by atoms with Crippen molar-refractivity contribution in [2.24, 2.45) is 0 Å². The van der Waals surface area contributed by atoms with E-state index in [1.54, 1.807) is 24.3 Å². The van der Waals surface area contributed by atoms with E-state index in [1.807, 2.05) is 0 Å². The van der Waals surface area contributed by atoms with Crippen LogP contribution in [0.15, 0.2) is 99.6 Å². The summed E-state index contributed by atoms with van der Waals surface area (Å²) in [5.74, 6) is 0. The number of fused-ring (bicyclic) bond motifs is 2. The van der Waals surface area contributed by atoms with Crippen molar-refractivity contribution < 1.29 is 38.9 Å². The molecule has 0 aliphatic rings. The number of benzene rings is 5. The molecule has 0 bridgehead atoms. The summed E-state index contributed by atoms with van der Waals surface area (Å²) in [6.45, 7) is 0. The Labute approximate surface area is 247 Å². The van der Waals surface area contributed by atoms with E-state index in [2.05, 4.69) is 0 Å². The molecule has 0 unspecified atom stereocenters. The summed E-state index contributed by atoms with van der Waals surface area (Å²) in [5, 5.41) is 2.34. The van der Waals surface area contributed by atoms with Crippen LogP contribution in [0.4, 0.5) is 28.4 Å². The highest BCUT2D eigenvalue weighted by atomic mass is 32.2. The largest absolute Gasteiger partial charge is 0.399 e. The fourth-order valence-corrected chi connectivity index (χ4v) is 5.20. The maximum atomic E-state index is 11.0. The van der Waals surface area contributed by atoms with Gasteiger partial charge in [0, 0.05) is 50.0 Å². The van der Waals surface area contributed by atoms with Crippen molar-refractivity contribution in [2.45, 2.75) is 14.7 Å². The molecular weight excluding hydrogens is 623 g/mol. The molecule has 0 aromatic heterocycles. The molecule has 0 spiro atoms. The van der Waals surface area contributed by atoms with Crippen molar-refractivity contribution in [1.29, 1.82) is 0 Å². The minimum absolute atomic E-state index is 0.147. The summed E-state index contributed by atoms with van der Waals surface area (Å²) in [4.78, 5) is -0.540. The zero-order valence-corrected chi connectivity index (χ0v) is 24.4. The van der Waals surface area contributed by atoms with Gasteiger partial charge in [-0.05, 0) is 72.8 Å². The quantitative estimate of drug-likeness (QED) is 0.103. The third-order valence-corrected chi connectivity index (χ3v) is 8.45. The number of nitrogen functional groups attached to an aromatic ring is 5. The van der Waals surface area contributed by atoms with Gasteiger partial charge in [-0.1, -0.05) is 12.1 Å². The first-order valence-corrected chi connectivity index (χ1v) is 16.0. The van der Waals surface area contributed by atoms with Crippen LogP contribution in [0.2, 0.25) is 0 Å². The van der Waals surface area contributed by atoms with Crippen LogP contribution < -0.4 is 28.7 Å². The Kier molecular flexibility index (Phi) is 9.40. The Bertz CT molecular complexity index is 2040. The summed E-state index contributed by atoms with van der Waals surface area (Å²) >= 11 is 0. The van der Waals surface area contributed by atoms with Crippen LogP contribution >= 0.6 is 0 Å². The second kappa shape index (κ2) is 12.3. The van der Waals surface area contributed by atoms with Crippen LogP contribution in [0.25, 0.3) is 21.5 Å². The zero-order valence-electron chi connectivity index (χ0n) is 22.0. The molecule has 0 heterocycles. The fourth-order valence-electron chi connectivity index (χ4n) is 3.71. The maximum absolute atomic E-state index is 11.0. The average molecular weight is 650 g/mol. The Morgan fingerprint density at radius 1 is 0.372 bits per heavy atom. The van der Waals surface area contributed by atoms with Gasteiger partial charge < -0.3 is 28.7 Å². The lowest BCUT2D eigenvalue weighted by Crippen LogP contribution is -1.99. The molecule has 0 saturated carbocycles. The van der Waals surface area contributed by atoms with E-state index in [1.165, 1.54) is 60.7 Å². The molecule has 0 aliphatic carbocycles. The highest BCUT2D eigenvalue weighted by Gasteiger charge is 2.13. The lowest BCUT2D eigenvalue weighted by molar-refractivity contribution is 0.481. The molecule has 5 aromatic carbocycles. The topological polar surface area (TPSA) is 293 Å². The Balaban J connectivity index is 0.000000180. The highest BCUT2D eigenvalue weighted by molar-refractivity contribution is 7.86. The minimum atomic E-state index is -4.22. The van der Waals surface area contributed by atoms with E-state index in [0.717, 1.165) is 0 Å². The number of anilines is 5. The second-order valence-electron chi connectivity index (χ2n) is 8.90. The van der Waals surface area contributed by atoms with E-state index in [9.17, 15) is 25.3 Å². The molecule has 228 valence electrons. The Morgan fingerprint density at radius 3 is 0.953 bits per heavy atom. The van der Waals surface area contributed by atoms with Gasteiger partial charge in [-0.15, -0.1) is 0 Å². The summed E-state index contributed by atoms with van der Waals surface area (Å²) in [7, 11) is -12.5. The third kappa shape index (κ3) is 8.22. The first-order valence-electron chi connectivity index (χ1n) is 11.7. The molecule has 0 radical (unpaired) electrons. The minimum Gasteiger partial charge on any atom is -0.399 e. The smallest absolute Gasteiger partial charge is 0.294 e. The van der Waals surface area contributed by atoms with E-state index < -0.39 is 30.4 Å². The summed E-state index contributed by atoms with van der Waals surface area (Å²) in [6, 6.07) is 20.0. The van der Waals surface area contributed by atoms with Crippen LogP contribution in [0.1, 0.15) is 0 Å². The number of hydrogen-bond acceptors (Lipinski definition) is 11. The van der Waals surface area contributed by atoms with E-state index >= 15 is 0 Å². The van der Waals surface area contributed by atoms with Crippen LogP contribution in [-0.2, 0) is 30.4 Å². The van der Waals surface area contributed by atoms with E-state index in [0.29, 0.717) is 50.0 Å². The number of nitrogens with two attached hydrogens (primary N) is 5. The van der Waals surface area contributed by atoms with Gasteiger partial charge in [-0.3, -0.25) is 13.7 Å². The molecule has 0 fully saturated rings. The lowest BCUT2D eigenvalue weighted by Gasteiger charge is -2.06. The molecule has 17 heteroatoms. The molecule has 13 N–H and O–H groups in total. The van der Waals surface area contributed by atoms with Crippen molar-refractivity contribution in [3.05, 3.63) is 84.9 Å². The summed E-state index contributed by atoms with van der Waals surface area (Å²) in [6.07, 6.45) is 0. The first-order chi connectivity index (χ1) is 19.8. The maximum Gasteiger partial charge on any atom is 0.294 e. The third-order valence-electron chi connectivity index (χ3n) is 5.88. The van der Waals surface area contributed by atoms with Crippen LogP contribution in [-0.4, -0.2) is 38.9 Å². The SMILES string of the molecule is Nc1ccc(N)c2cc(S(=O)(=O)O)ccc12.Nc1ccc(N)c2cc(S(=O)(=O)O)ccc12.Nc1ccc(S(=O)(=O)O)cc1. The van der Waals surface area contributed by atoms with Gasteiger partial charge in [0.2, 0.25) is 0 Å². The molecule has 0 amide bonds. The van der Waals surface area contributed by atoms with Gasteiger partial charge in [-0.2, -0.15) is 25.3 Å². The van der Waals surface area contributed by atoms with E-state index in [-0.39, 0.29) is 14.7 Å². The Morgan fingerprint density at radius 2 is 0.651 bits per heavy atom. The van der Waals surface area contributed by atoms with Crippen LogP contribution in [0.3, 0.4) is 0 Å². The molecule has 0 atom stereocenters. The summed E-state index contributed by atoms with van der Waals surface area (Å²) < 4.78 is 91.1. The molecule has 0 aliphatic heterocycles. The monoisotopic (exact) mass is 649 g/mol. The van der Waals surface area contributed by atoms with Gasteiger partial charge in [0.05, 0.1) is 14.7 Å². The van der Waals surface area contributed by atoms with Crippen LogP contribution in [0.5, 0.6) is 0 Å². The first kappa shape index (κ1) is 32.9. The number of rotatable bonds is 3. The molecule has 0 saturated heterocycles. The van der Waals surface area contributed by atoms with Crippen molar-refractivity contribution in [3.8, 4) is 0 Å². The molecule has 43 heavy (non-hydrogen) atoms. The van der Waals surface area contributed by atoms with Crippen LogP contribution in [0, 0.1) is 0 Å². The predicted molar refractivity (Wildman–Crippen MR) is 166 cm³/mol. The van der Waals surface area contributed by atoms with Gasteiger partial charge in [-0.25, -0.2) is 0 Å². The second-order valence-corrected chi connectivity index (χ2v) is 13.2. The van der Waals surface area contributed by atoms with Gasteiger partial charge >= 0.3 is 0 Å². The lowest BCUT2D eigenvalue weighted by atomic mass is 10.1. The van der Waals surface area contributed by atoms with Gasteiger partial charge in [0.25, 0.3) is 30.4 Å². The average Bonchev–Trinajstić information content (AvgIpc) is 2.92. The van der Waals surface area contributed by atoms with E-state index in [4.69, 9.17) is 42.3 Å². The van der Waals surface area contributed by atoms with Crippen molar-refractivity contribution in [2.75, 3.05) is 28.7 Å². The van der Waals surface area contributed by atoms with Crippen molar-refractivity contribution in [1.82, 2.24) is 0 Å². The molecule has 5 rings (SSSR count). The Hall–Kier alpha value is -4.65. The standard InChI is InChI=1S/2C10H10N2O3S.C6H7NO3S/c2*11-9-3-4-10(12)8-5-6(16(13,14)15)1-2-7(8)9;7-5-1-3-6(4-2-5)11(8,9)10/h2*1-5H,11-12H2,(H,13,14,15);1-4H,7H2,(H,8,9,10). The molecule has 14 nitrogen and oxygen atoms in total. The van der Waals surface area contributed by atoms with Crippen molar-refractivity contribution >= 4 is 80.3 Å². The summed E-state index contributed by atoms with van der Waals surface area (Å²) in [5.41, 5.74) is 30.4.